The normalized spacial score (nSPS) is 13.0. The van der Waals surface area contributed by atoms with Gasteiger partial charge in [0.25, 0.3) is 0 Å². The standard InChI is InChI=1S/C18H14ClNO4/c19-14-5-1-11(2-6-14)16(21)10-24-18(23)13-3-7-15-12(9-13)4-8-17(22)20-15/h1-3,5-7,9H,4,8,10H2,(H,20,22). The molecule has 0 fully saturated rings. The second-order valence-electron chi connectivity index (χ2n) is 5.43. The number of aryl methyl sites for hydroxylation is 1. The quantitative estimate of drug-likeness (QED) is 0.683. The highest BCUT2D eigenvalue weighted by Gasteiger charge is 2.18. The van der Waals surface area contributed by atoms with Gasteiger partial charge in [-0.25, -0.2) is 4.79 Å². The summed E-state index contributed by atoms with van der Waals surface area (Å²) in [5, 5.41) is 3.28. The number of ketones is 1. The molecular formula is C18H14ClNO4. The molecule has 6 heteroatoms. The van der Waals surface area contributed by atoms with Crippen molar-refractivity contribution in [3.63, 3.8) is 0 Å². The van der Waals surface area contributed by atoms with Gasteiger partial charge in [-0.3, -0.25) is 9.59 Å². The van der Waals surface area contributed by atoms with E-state index < -0.39 is 5.97 Å². The van der Waals surface area contributed by atoms with Crippen LogP contribution in [0.5, 0.6) is 0 Å². The van der Waals surface area contributed by atoms with E-state index in [1.165, 1.54) is 0 Å². The molecule has 3 rings (SSSR count). The minimum atomic E-state index is -0.572. The summed E-state index contributed by atoms with van der Waals surface area (Å²) in [5.41, 5.74) is 2.38. The Balaban J connectivity index is 1.64. The molecule has 1 aliphatic rings. The zero-order valence-electron chi connectivity index (χ0n) is 12.7. The predicted molar refractivity (Wildman–Crippen MR) is 89.5 cm³/mol. The molecule has 1 heterocycles. The number of Topliss-reactive ketones (excluding diaryl/α,β-unsaturated/α-hetero) is 1. The van der Waals surface area contributed by atoms with Crippen molar-refractivity contribution < 1.29 is 19.1 Å². The number of amides is 1. The van der Waals surface area contributed by atoms with Crippen molar-refractivity contribution in [2.45, 2.75) is 12.8 Å². The summed E-state index contributed by atoms with van der Waals surface area (Å²) in [5.74, 6) is -0.909. The highest BCUT2D eigenvalue weighted by atomic mass is 35.5. The second kappa shape index (κ2) is 6.84. The van der Waals surface area contributed by atoms with Crippen LogP contribution in [0.3, 0.4) is 0 Å². The number of fused-ring (bicyclic) bond motifs is 1. The predicted octanol–water partition coefficient (Wildman–Crippen LogP) is 3.26. The number of nitrogens with one attached hydrogen (secondary N) is 1. The monoisotopic (exact) mass is 343 g/mol. The van der Waals surface area contributed by atoms with E-state index >= 15 is 0 Å². The maximum atomic E-state index is 12.1. The van der Waals surface area contributed by atoms with E-state index in [1.807, 2.05) is 0 Å². The summed E-state index contributed by atoms with van der Waals surface area (Å²) in [4.78, 5) is 35.4. The molecular weight excluding hydrogens is 330 g/mol. The van der Waals surface area contributed by atoms with Gasteiger partial charge in [-0.15, -0.1) is 0 Å². The number of hydrogen-bond acceptors (Lipinski definition) is 4. The van der Waals surface area contributed by atoms with Crippen LogP contribution in [-0.4, -0.2) is 24.3 Å². The van der Waals surface area contributed by atoms with Crippen LogP contribution >= 0.6 is 11.6 Å². The van der Waals surface area contributed by atoms with Crippen LogP contribution in [0.15, 0.2) is 42.5 Å². The highest BCUT2D eigenvalue weighted by Crippen LogP contribution is 2.23. The summed E-state index contributed by atoms with van der Waals surface area (Å²) in [6.07, 6.45) is 0.965. The summed E-state index contributed by atoms with van der Waals surface area (Å²) >= 11 is 5.77. The molecule has 1 aliphatic heterocycles. The Morgan fingerprint density at radius 2 is 1.75 bits per heavy atom. The largest absolute Gasteiger partial charge is 0.454 e. The first kappa shape index (κ1) is 16.2. The average molecular weight is 344 g/mol. The van der Waals surface area contributed by atoms with E-state index in [0.717, 1.165) is 5.56 Å². The first-order valence-electron chi connectivity index (χ1n) is 7.41. The first-order chi connectivity index (χ1) is 11.5. The Morgan fingerprint density at radius 3 is 2.50 bits per heavy atom. The number of carbonyl (C=O) groups excluding carboxylic acids is 3. The maximum absolute atomic E-state index is 12.1. The number of halogens is 1. The third-order valence-electron chi connectivity index (χ3n) is 3.74. The first-order valence-corrected chi connectivity index (χ1v) is 7.79. The van der Waals surface area contributed by atoms with Crippen molar-refractivity contribution >= 4 is 34.9 Å². The zero-order valence-corrected chi connectivity index (χ0v) is 13.4. The van der Waals surface area contributed by atoms with E-state index in [0.29, 0.717) is 34.7 Å². The summed E-state index contributed by atoms with van der Waals surface area (Å²) in [6, 6.07) is 11.3. The molecule has 0 saturated carbocycles. The molecule has 1 amide bonds. The van der Waals surface area contributed by atoms with Gasteiger partial charge in [-0.05, 0) is 54.4 Å². The van der Waals surface area contributed by atoms with E-state index in [2.05, 4.69) is 5.32 Å². The van der Waals surface area contributed by atoms with Crippen LogP contribution in [0.2, 0.25) is 5.02 Å². The molecule has 2 aromatic carbocycles. The van der Waals surface area contributed by atoms with E-state index in [9.17, 15) is 14.4 Å². The summed E-state index contributed by atoms with van der Waals surface area (Å²) < 4.78 is 5.08. The van der Waals surface area contributed by atoms with Crippen LogP contribution in [0, 0.1) is 0 Å². The van der Waals surface area contributed by atoms with Gasteiger partial charge in [0.1, 0.15) is 0 Å². The fraction of sp³-hybridized carbons (Fsp3) is 0.167. The number of rotatable bonds is 4. The Hall–Kier alpha value is -2.66. The van der Waals surface area contributed by atoms with E-state index in [-0.39, 0.29) is 18.3 Å². The Kier molecular flexibility index (Phi) is 4.62. The van der Waals surface area contributed by atoms with E-state index in [4.69, 9.17) is 16.3 Å². The number of anilines is 1. The van der Waals surface area contributed by atoms with Gasteiger partial charge in [-0.1, -0.05) is 11.6 Å². The molecule has 0 aromatic heterocycles. The van der Waals surface area contributed by atoms with Crippen molar-refractivity contribution in [3.8, 4) is 0 Å². The maximum Gasteiger partial charge on any atom is 0.338 e. The lowest BCUT2D eigenvalue weighted by molar-refractivity contribution is -0.116. The average Bonchev–Trinajstić information content (AvgIpc) is 2.59. The van der Waals surface area contributed by atoms with Gasteiger partial charge in [0.2, 0.25) is 5.91 Å². The smallest absolute Gasteiger partial charge is 0.338 e. The SMILES string of the molecule is O=C1CCc2cc(C(=O)OCC(=O)c3ccc(Cl)cc3)ccc2N1. The van der Waals surface area contributed by atoms with Crippen molar-refractivity contribution in [1.82, 2.24) is 0 Å². The third-order valence-corrected chi connectivity index (χ3v) is 3.99. The molecule has 24 heavy (non-hydrogen) atoms. The van der Waals surface area contributed by atoms with Gasteiger partial charge >= 0.3 is 5.97 Å². The highest BCUT2D eigenvalue weighted by molar-refractivity contribution is 6.30. The lowest BCUT2D eigenvalue weighted by Gasteiger charge is -2.17. The van der Waals surface area contributed by atoms with E-state index in [1.54, 1.807) is 42.5 Å². The van der Waals surface area contributed by atoms with Crippen LogP contribution in [0.25, 0.3) is 0 Å². The molecule has 0 radical (unpaired) electrons. The number of benzene rings is 2. The van der Waals surface area contributed by atoms with Crippen molar-refractivity contribution in [3.05, 3.63) is 64.2 Å². The fourth-order valence-electron chi connectivity index (χ4n) is 2.44. The van der Waals surface area contributed by atoms with Crippen LogP contribution in [0.1, 0.15) is 32.7 Å². The fourth-order valence-corrected chi connectivity index (χ4v) is 2.57. The van der Waals surface area contributed by atoms with Gasteiger partial charge in [-0.2, -0.15) is 0 Å². The summed E-state index contributed by atoms with van der Waals surface area (Å²) in [7, 11) is 0. The van der Waals surface area contributed by atoms with Crippen molar-refractivity contribution in [2.75, 3.05) is 11.9 Å². The van der Waals surface area contributed by atoms with Gasteiger partial charge in [0.05, 0.1) is 5.56 Å². The molecule has 122 valence electrons. The number of hydrogen-bond donors (Lipinski definition) is 1. The second-order valence-corrected chi connectivity index (χ2v) is 5.86. The molecule has 0 aliphatic carbocycles. The molecule has 1 N–H and O–H groups in total. The van der Waals surface area contributed by atoms with Crippen molar-refractivity contribution in [2.24, 2.45) is 0 Å². The minimum Gasteiger partial charge on any atom is -0.454 e. The Morgan fingerprint density at radius 1 is 1.04 bits per heavy atom. The van der Waals surface area contributed by atoms with Gasteiger partial charge in [0.15, 0.2) is 12.4 Å². The molecule has 2 aromatic rings. The Bertz CT molecular complexity index is 814. The zero-order chi connectivity index (χ0) is 17.1. The lowest BCUT2D eigenvalue weighted by Crippen LogP contribution is -2.20. The number of esters is 1. The Labute approximate surface area is 143 Å². The molecule has 0 bridgehead atoms. The lowest BCUT2D eigenvalue weighted by atomic mass is 10.0. The van der Waals surface area contributed by atoms with Crippen molar-refractivity contribution in [1.29, 1.82) is 0 Å². The van der Waals surface area contributed by atoms with Gasteiger partial charge in [0, 0.05) is 22.7 Å². The minimum absolute atomic E-state index is 0.0358. The topological polar surface area (TPSA) is 72.5 Å². The molecule has 0 saturated heterocycles. The number of carbonyl (C=O) groups is 3. The molecule has 0 unspecified atom stereocenters. The third kappa shape index (κ3) is 3.63. The number of ether oxygens (including phenoxy) is 1. The molecule has 0 atom stereocenters. The van der Waals surface area contributed by atoms with Gasteiger partial charge < -0.3 is 10.1 Å². The van der Waals surface area contributed by atoms with Crippen LogP contribution in [0.4, 0.5) is 5.69 Å². The molecule has 0 spiro atoms. The van der Waals surface area contributed by atoms with Crippen LogP contribution < -0.4 is 5.32 Å². The summed E-state index contributed by atoms with van der Waals surface area (Å²) in [6.45, 7) is -0.339. The van der Waals surface area contributed by atoms with Crippen LogP contribution in [-0.2, 0) is 16.0 Å². The molecule has 5 nitrogen and oxygen atoms in total.